The van der Waals surface area contributed by atoms with Crippen LogP contribution >= 0.6 is 23.2 Å². The van der Waals surface area contributed by atoms with Crippen molar-refractivity contribution in [2.45, 2.75) is 59.0 Å². The van der Waals surface area contributed by atoms with Gasteiger partial charge in [-0.25, -0.2) is 0 Å². The Morgan fingerprint density at radius 3 is 2.75 bits per heavy atom. The summed E-state index contributed by atoms with van der Waals surface area (Å²) in [5, 5.41) is 1.08. The van der Waals surface area contributed by atoms with Gasteiger partial charge in [-0.05, 0) is 64.3 Å². The van der Waals surface area contributed by atoms with Gasteiger partial charge in [-0.2, -0.15) is 0 Å². The molecular formula is C23H35Cl2NO2. The van der Waals surface area contributed by atoms with Gasteiger partial charge in [0.05, 0.1) is 29.4 Å². The van der Waals surface area contributed by atoms with Crippen LogP contribution in [0.2, 0.25) is 10.0 Å². The van der Waals surface area contributed by atoms with E-state index < -0.39 is 0 Å². The molecule has 0 aliphatic carbocycles. The third-order valence-corrected chi connectivity index (χ3v) is 6.05. The van der Waals surface area contributed by atoms with Crippen LogP contribution in [0.15, 0.2) is 29.8 Å². The molecule has 5 heteroatoms. The van der Waals surface area contributed by atoms with Crippen LogP contribution < -0.4 is 4.74 Å². The van der Waals surface area contributed by atoms with E-state index in [4.69, 9.17) is 32.7 Å². The molecule has 1 saturated heterocycles. The minimum absolute atomic E-state index is 0.267. The summed E-state index contributed by atoms with van der Waals surface area (Å²) in [4.78, 5) is 2.57. The topological polar surface area (TPSA) is 21.7 Å². The molecule has 1 aliphatic heterocycles. The van der Waals surface area contributed by atoms with E-state index in [0.29, 0.717) is 29.2 Å². The van der Waals surface area contributed by atoms with Gasteiger partial charge in [-0.3, -0.25) is 0 Å². The number of nitrogens with zero attached hydrogens (tertiary/aromatic N) is 1. The van der Waals surface area contributed by atoms with Crippen molar-refractivity contribution < 1.29 is 9.47 Å². The lowest BCUT2D eigenvalue weighted by Gasteiger charge is -2.38. The molecule has 0 bridgehead atoms. The first-order valence-corrected chi connectivity index (χ1v) is 11.3. The quantitative estimate of drug-likeness (QED) is 0.292. The molecule has 0 N–H and O–H groups in total. The van der Waals surface area contributed by atoms with Crippen LogP contribution in [0.1, 0.15) is 52.9 Å². The van der Waals surface area contributed by atoms with Crippen molar-refractivity contribution in [1.82, 2.24) is 4.90 Å². The largest absolute Gasteiger partial charge is 0.494 e. The normalized spacial score (nSPS) is 20.2. The second-order valence-corrected chi connectivity index (χ2v) is 8.74. The number of piperidine rings is 1. The molecule has 28 heavy (non-hydrogen) atoms. The van der Waals surface area contributed by atoms with Crippen LogP contribution in [0.5, 0.6) is 5.75 Å². The van der Waals surface area contributed by atoms with Crippen LogP contribution in [0.25, 0.3) is 0 Å². The SMILES string of the molecule is CCCCCN1CC[C@H](CCOc2ccc(Cl)c(Cl)c2)[C@@H](OCC=C(C)C)C1. The number of ether oxygens (including phenoxy) is 2. The molecule has 2 rings (SSSR count). The number of allylic oxidation sites excluding steroid dienone is 1. The fourth-order valence-corrected chi connectivity index (χ4v) is 3.86. The van der Waals surface area contributed by atoms with Crippen molar-refractivity contribution >= 4 is 23.2 Å². The highest BCUT2D eigenvalue weighted by molar-refractivity contribution is 6.42. The Balaban J connectivity index is 1.85. The van der Waals surface area contributed by atoms with E-state index in [1.165, 1.54) is 31.4 Å². The maximum absolute atomic E-state index is 6.27. The highest BCUT2D eigenvalue weighted by Gasteiger charge is 2.29. The van der Waals surface area contributed by atoms with E-state index in [0.717, 1.165) is 31.7 Å². The highest BCUT2D eigenvalue weighted by Crippen LogP contribution is 2.28. The van der Waals surface area contributed by atoms with Gasteiger partial charge >= 0.3 is 0 Å². The fourth-order valence-electron chi connectivity index (χ4n) is 3.57. The van der Waals surface area contributed by atoms with Crippen LogP contribution in [0.3, 0.4) is 0 Å². The monoisotopic (exact) mass is 427 g/mol. The minimum atomic E-state index is 0.267. The second kappa shape index (κ2) is 12.7. The number of rotatable bonds is 11. The molecule has 1 aromatic carbocycles. The van der Waals surface area contributed by atoms with Crippen LogP contribution in [-0.2, 0) is 4.74 Å². The van der Waals surface area contributed by atoms with E-state index in [1.54, 1.807) is 12.1 Å². The highest BCUT2D eigenvalue weighted by atomic mass is 35.5. The Morgan fingerprint density at radius 2 is 2.04 bits per heavy atom. The summed E-state index contributed by atoms with van der Waals surface area (Å²) < 4.78 is 12.2. The van der Waals surface area contributed by atoms with Gasteiger partial charge in [0, 0.05) is 12.6 Å². The first-order chi connectivity index (χ1) is 13.5. The number of hydrogen-bond donors (Lipinski definition) is 0. The molecule has 0 amide bonds. The van der Waals surface area contributed by atoms with Gasteiger partial charge in [-0.1, -0.05) is 54.6 Å². The second-order valence-electron chi connectivity index (χ2n) is 7.92. The Bertz CT molecular complexity index is 617. The zero-order valence-electron chi connectivity index (χ0n) is 17.6. The molecule has 0 saturated carbocycles. The van der Waals surface area contributed by atoms with Crippen LogP contribution in [-0.4, -0.2) is 43.9 Å². The molecule has 0 unspecified atom stereocenters. The molecule has 1 heterocycles. The number of unbranched alkanes of at least 4 members (excludes halogenated alkanes) is 2. The Hall–Kier alpha value is -0.740. The predicted molar refractivity (Wildman–Crippen MR) is 120 cm³/mol. The lowest BCUT2D eigenvalue weighted by molar-refractivity contribution is -0.0326. The number of halogens is 2. The van der Waals surface area contributed by atoms with E-state index in [1.807, 2.05) is 6.07 Å². The van der Waals surface area contributed by atoms with Crippen molar-refractivity contribution in [3.05, 3.63) is 39.9 Å². The van der Waals surface area contributed by atoms with Crippen molar-refractivity contribution in [2.24, 2.45) is 5.92 Å². The molecule has 1 aliphatic rings. The molecule has 0 aromatic heterocycles. The lowest BCUT2D eigenvalue weighted by atomic mass is 9.90. The smallest absolute Gasteiger partial charge is 0.120 e. The van der Waals surface area contributed by atoms with Gasteiger partial charge < -0.3 is 14.4 Å². The lowest BCUT2D eigenvalue weighted by Crippen LogP contribution is -2.46. The first kappa shape index (κ1) is 23.5. The van der Waals surface area contributed by atoms with Crippen molar-refractivity contribution in [3.63, 3.8) is 0 Å². The van der Waals surface area contributed by atoms with E-state index in [9.17, 15) is 0 Å². The summed E-state index contributed by atoms with van der Waals surface area (Å²) in [6, 6.07) is 5.43. The molecule has 0 spiro atoms. The summed E-state index contributed by atoms with van der Waals surface area (Å²) in [5.41, 5.74) is 1.30. The third kappa shape index (κ3) is 8.32. The molecule has 1 aromatic rings. The molecule has 1 fully saturated rings. The maximum Gasteiger partial charge on any atom is 0.120 e. The maximum atomic E-state index is 6.27. The van der Waals surface area contributed by atoms with Crippen LogP contribution in [0, 0.1) is 5.92 Å². The van der Waals surface area contributed by atoms with Crippen LogP contribution in [0.4, 0.5) is 0 Å². The third-order valence-electron chi connectivity index (χ3n) is 5.31. The summed E-state index contributed by atoms with van der Waals surface area (Å²) in [7, 11) is 0. The van der Waals surface area contributed by atoms with Gasteiger partial charge in [0.2, 0.25) is 0 Å². The summed E-state index contributed by atoms with van der Waals surface area (Å²) in [5.74, 6) is 1.30. The van der Waals surface area contributed by atoms with Gasteiger partial charge in [0.1, 0.15) is 5.75 Å². The molecular weight excluding hydrogens is 393 g/mol. The molecule has 0 radical (unpaired) electrons. The van der Waals surface area contributed by atoms with Gasteiger partial charge in [-0.15, -0.1) is 0 Å². The van der Waals surface area contributed by atoms with E-state index >= 15 is 0 Å². The van der Waals surface area contributed by atoms with Crippen molar-refractivity contribution in [2.75, 3.05) is 32.8 Å². The minimum Gasteiger partial charge on any atom is -0.494 e. The molecule has 158 valence electrons. The standard InChI is InChI=1S/C23H35Cl2NO2/c1-4-5-6-12-26-13-9-19(23(17-26)28-14-10-18(2)3)11-15-27-20-7-8-21(24)22(25)16-20/h7-8,10,16,19,23H,4-6,9,11-15,17H2,1-3H3/t19-,23+/m1/s1. The molecule has 3 nitrogen and oxygen atoms in total. The summed E-state index contributed by atoms with van der Waals surface area (Å²) in [6.07, 6.45) is 8.44. The summed E-state index contributed by atoms with van der Waals surface area (Å²) in [6.45, 7) is 11.2. The van der Waals surface area contributed by atoms with E-state index in [-0.39, 0.29) is 6.10 Å². The van der Waals surface area contributed by atoms with E-state index in [2.05, 4.69) is 31.7 Å². The zero-order valence-corrected chi connectivity index (χ0v) is 19.1. The van der Waals surface area contributed by atoms with Gasteiger partial charge in [0.15, 0.2) is 0 Å². The fraction of sp³-hybridized carbons (Fsp3) is 0.652. The molecule has 2 atom stereocenters. The average Bonchev–Trinajstić information content (AvgIpc) is 2.66. The number of hydrogen-bond acceptors (Lipinski definition) is 3. The number of likely N-dealkylation sites (tertiary alicyclic amines) is 1. The predicted octanol–water partition coefficient (Wildman–Crippen LogP) is 6.63. The van der Waals surface area contributed by atoms with Gasteiger partial charge in [0.25, 0.3) is 0 Å². The Labute approximate surface area is 181 Å². The average molecular weight is 428 g/mol. The van der Waals surface area contributed by atoms with Crippen molar-refractivity contribution in [1.29, 1.82) is 0 Å². The Morgan fingerprint density at radius 1 is 1.21 bits per heavy atom. The Kier molecular flexibility index (Phi) is 10.7. The summed E-state index contributed by atoms with van der Waals surface area (Å²) >= 11 is 12.0. The van der Waals surface area contributed by atoms with Crippen molar-refractivity contribution in [3.8, 4) is 5.75 Å². The first-order valence-electron chi connectivity index (χ1n) is 10.5. The zero-order chi connectivity index (χ0) is 20.4. The number of benzene rings is 1.